The van der Waals surface area contributed by atoms with E-state index in [4.69, 9.17) is 4.74 Å². The number of carbonyl (C=O) groups is 1. The molecule has 0 saturated carbocycles. The number of ether oxygens (including phenoxy) is 2. The lowest BCUT2D eigenvalue weighted by atomic mass is 10.1. The van der Waals surface area contributed by atoms with Gasteiger partial charge in [-0.05, 0) is 36.3 Å². The maximum Gasteiger partial charge on any atom is 0.309 e. The Morgan fingerprint density at radius 2 is 1.87 bits per heavy atom. The quantitative estimate of drug-likeness (QED) is 0.398. The summed E-state index contributed by atoms with van der Waals surface area (Å²) in [6, 6.07) is 9.69. The van der Waals surface area contributed by atoms with Crippen LogP contribution in [0, 0.1) is 0 Å². The van der Waals surface area contributed by atoms with E-state index < -0.39 is 5.97 Å². The fourth-order valence-electron chi connectivity index (χ4n) is 1.61. The van der Waals surface area contributed by atoms with Crippen molar-refractivity contribution in [3.05, 3.63) is 71.8 Å². The highest BCUT2D eigenvalue weighted by atomic mass is 19.1. The fourth-order valence-corrected chi connectivity index (χ4v) is 1.61. The lowest BCUT2D eigenvalue weighted by molar-refractivity contribution is -0.139. The molecule has 0 saturated heterocycles. The molecule has 1 aromatic carbocycles. The summed E-state index contributed by atoms with van der Waals surface area (Å²) in [6.45, 7) is 6.22. The Balaban J connectivity index is 0.00000232. The lowest BCUT2D eigenvalue weighted by Crippen LogP contribution is -2.01. The van der Waals surface area contributed by atoms with Crippen molar-refractivity contribution in [1.29, 1.82) is 0 Å². The first kappa shape index (κ1) is 20.6. The van der Waals surface area contributed by atoms with Gasteiger partial charge in [0, 0.05) is 0 Å². The Labute approximate surface area is 138 Å². The van der Waals surface area contributed by atoms with Crippen LogP contribution in [-0.2, 0) is 20.9 Å². The molecule has 3 nitrogen and oxygen atoms in total. The van der Waals surface area contributed by atoms with E-state index in [-0.39, 0.29) is 6.42 Å². The van der Waals surface area contributed by atoms with Gasteiger partial charge in [-0.25, -0.2) is 4.39 Å². The van der Waals surface area contributed by atoms with Crippen molar-refractivity contribution in [2.24, 2.45) is 0 Å². The van der Waals surface area contributed by atoms with Gasteiger partial charge in [0.15, 0.2) is 0 Å². The van der Waals surface area contributed by atoms with Crippen LogP contribution in [-0.4, -0.2) is 13.1 Å². The summed E-state index contributed by atoms with van der Waals surface area (Å²) < 4.78 is 22.6. The van der Waals surface area contributed by atoms with Crippen LogP contribution in [0.5, 0.6) is 0 Å². The van der Waals surface area contributed by atoms with Crippen molar-refractivity contribution >= 4 is 5.97 Å². The van der Waals surface area contributed by atoms with Crippen LogP contribution in [0.4, 0.5) is 4.39 Å². The van der Waals surface area contributed by atoms with Gasteiger partial charge < -0.3 is 9.47 Å². The van der Waals surface area contributed by atoms with Gasteiger partial charge in [0.2, 0.25) is 0 Å². The van der Waals surface area contributed by atoms with Gasteiger partial charge in [-0.15, -0.1) is 0 Å². The molecule has 0 aromatic heterocycles. The van der Waals surface area contributed by atoms with Gasteiger partial charge in [0.25, 0.3) is 0 Å². The van der Waals surface area contributed by atoms with E-state index in [0.717, 1.165) is 5.56 Å². The fraction of sp³-hybridized carbons (Fsp3) is 0.316. The number of methoxy groups -OCH3 is 1. The predicted molar refractivity (Wildman–Crippen MR) is 91.3 cm³/mol. The van der Waals surface area contributed by atoms with E-state index in [1.807, 2.05) is 51.1 Å². The molecule has 0 atom stereocenters. The van der Waals surface area contributed by atoms with Crippen molar-refractivity contribution in [2.45, 2.75) is 33.8 Å². The topological polar surface area (TPSA) is 35.5 Å². The highest BCUT2D eigenvalue weighted by Gasteiger charge is 2.05. The van der Waals surface area contributed by atoms with Gasteiger partial charge in [-0.1, -0.05) is 44.2 Å². The second-order valence-corrected chi connectivity index (χ2v) is 4.23. The van der Waals surface area contributed by atoms with E-state index in [1.165, 1.54) is 13.2 Å². The normalized spacial score (nSPS) is 11.7. The minimum Gasteiger partial charge on any atom is -0.489 e. The molecule has 0 aliphatic carbocycles. The first-order chi connectivity index (χ1) is 11.2. The van der Waals surface area contributed by atoms with E-state index in [9.17, 15) is 9.18 Å². The summed E-state index contributed by atoms with van der Waals surface area (Å²) in [5.74, 6) is 0.133. The van der Waals surface area contributed by atoms with Gasteiger partial charge in [0.05, 0.1) is 19.9 Å². The van der Waals surface area contributed by atoms with E-state index in [0.29, 0.717) is 24.3 Å². The molecule has 0 bridgehead atoms. The number of esters is 1. The summed E-state index contributed by atoms with van der Waals surface area (Å²) in [7, 11) is 1.29. The van der Waals surface area contributed by atoms with Gasteiger partial charge in [-0.2, -0.15) is 0 Å². The van der Waals surface area contributed by atoms with Crippen LogP contribution in [0.1, 0.15) is 32.8 Å². The highest BCUT2D eigenvalue weighted by molar-refractivity contribution is 5.73. The summed E-state index contributed by atoms with van der Waals surface area (Å²) in [4.78, 5) is 11.3. The third kappa shape index (κ3) is 9.30. The molecule has 0 aliphatic heterocycles. The standard InChI is InChI=1S/C17H19FO3.C2H6/c1-3-16(21-13-14-7-5-4-6-8-14)11-15(9-10-18)12-17(19)20-2;1-2/h3-11H,12-13H2,1-2H3;1-2H3/b10-9+,15-11+,16-3+;. The number of allylic oxidation sites excluding steroid dienone is 3. The average Bonchev–Trinajstić information content (AvgIpc) is 2.61. The van der Waals surface area contributed by atoms with Crippen molar-refractivity contribution in [3.8, 4) is 0 Å². The first-order valence-corrected chi connectivity index (χ1v) is 7.56. The van der Waals surface area contributed by atoms with Gasteiger partial charge in [-0.3, -0.25) is 4.79 Å². The van der Waals surface area contributed by atoms with E-state index in [1.54, 1.807) is 12.2 Å². The number of halogens is 1. The smallest absolute Gasteiger partial charge is 0.309 e. The molecule has 0 radical (unpaired) electrons. The first-order valence-electron chi connectivity index (χ1n) is 7.56. The minimum atomic E-state index is -0.433. The summed E-state index contributed by atoms with van der Waals surface area (Å²) in [6.07, 6.45) is 4.97. The molecule has 4 heteroatoms. The maximum absolute atomic E-state index is 12.4. The number of hydrogen-bond acceptors (Lipinski definition) is 3. The predicted octanol–water partition coefficient (Wildman–Crippen LogP) is 5.11. The van der Waals surface area contributed by atoms with Crippen molar-refractivity contribution in [1.82, 2.24) is 0 Å². The number of benzene rings is 1. The number of hydrogen-bond donors (Lipinski definition) is 0. The van der Waals surface area contributed by atoms with Crippen LogP contribution in [0.2, 0.25) is 0 Å². The molecule has 0 unspecified atom stereocenters. The Bertz CT molecular complexity index is 531. The van der Waals surface area contributed by atoms with E-state index >= 15 is 0 Å². The summed E-state index contributed by atoms with van der Waals surface area (Å²) in [5, 5.41) is 0. The Kier molecular flexibility index (Phi) is 11.9. The molecule has 0 heterocycles. The van der Waals surface area contributed by atoms with Crippen molar-refractivity contribution in [3.63, 3.8) is 0 Å². The molecular formula is C19H25FO3. The third-order valence-corrected chi connectivity index (χ3v) is 2.71. The molecule has 1 rings (SSSR count). The molecule has 126 valence electrons. The number of carbonyl (C=O) groups excluding carboxylic acids is 1. The second-order valence-electron chi connectivity index (χ2n) is 4.23. The molecular weight excluding hydrogens is 295 g/mol. The van der Waals surface area contributed by atoms with Crippen LogP contribution < -0.4 is 0 Å². The monoisotopic (exact) mass is 320 g/mol. The minimum absolute atomic E-state index is 0.0110. The van der Waals surface area contributed by atoms with Crippen LogP contribution in [0.15, 0.2) is 66.2 Å². The lowest BCUT2D eigenvalue weighted by Gasteiger charge is -2.08. The summed E-state index contributed by atoms with van der Waals surface area (Å²) >= 11 is 0. The van der Waals surface area contributed by atoms with Crippen LogP contribution in [0.25, 0.3) is 0 Å². The second kappa shape index (κ2) is 13.3. The van der Waals surface area contributed by atoms with Gasteiger partial charge >= 0.3 is 5.97 Å². The third-order valence-electron chi connectivity index (χ3n) is 2.71. The largest absolute Gasteiger partial charge is 0.489 e. The van der Waals surface area contributed by atoms with Crippen LogP contribution >= 0.6 is 0 Å². The summed E-state index contributed by atoms with van der Waals surface area (Å²) in [5.41, 5.74) is 1.51. The van der Waals surface area contributed by atoms with Gasteiger partial charge in [0.1, 0.15) is 12.4 Å². The molecule has 1 aromatic rings. The van der Waals surface area contributed by atoms with Crippen LogP contribution in [0.3, 0.4) is 0 Å². The SMILES string of the molecule is CC.C\C=C(/C=C(\C=C\F)CC(=O)OC)OCc1ccccc1. The molecule has 0 aliphatic rings. The van der Waals surface area contributed by atoms with E-state index in [2.05, 4.69) is 4.74 Å². The van der Waals surface area contributed by atoms with Crippen molar-refractivity contribution in [2.75, 3.05) is 7.11 Å². The maximum atomic E-state index is 12.4. The zero-order valence-corrected chi connectivity index (χ0v) is 14.2. The zero-order chi connectivity index (χ0) is 17.5. The Morgan fingerprint density at radius 3 is 2.39 bits per heavy atom. The van der Waals surface area contributed by atoms with Crippen molar-refractivity contribution < 1.29 is 18.7 Å². The Hall–Kier alpha value is -2.36. The molecule has 0 amide bonds. The molecule has 0 N–H and O–H groups in total. The zero-order valence-electron chi connectivity index (χ0n) is 14.2. The molecule has 0 fully saturated rings. The Morgan fingerprint density at radius 1 is 1.22 bits per heavy atom. The molecule has 23 heavy (non-hydrogen) atoms. The molecule has 0 spiro atoms. The average molecular weight is 320 g/mol. The highest BCUT2D eigenvalue weighted by Crippen LogP contribution is 2.13. The number of rotatable bonds is 7.